The van der Waals surface area contributed by atoms with Crippen molar-refractivity contribution in [3.8, 4) is 0 Å². The van der Waals surface area contributed by atoms with Crippen molar-refractivity contribution >= 4 is 23.6 Å². The summed E-state index contributed by atoms with van der Waals surface area (Å²) < 4.78 is 38.5. The van der Waals surface area contributed by atoms with Crippen molar-refractivity contribution in [3.05, 3.63) is 34.9 Å². The van der Waals surface area contributed by atoms with E-state index in [9.17, 15) is 32.3 Å². The number of hydrogen-bond acceptors (Lipinski definition) is 6. The van der Waals surface area contributed by atoms with E-state index in [4.69, 9.17) is 5.73 Å². The number of halogens is 3. The number of carbonyl (C=O) groups excluding carboxylic acids is 4. The fraction of sp³-hybridized carbons (Fsp3) is 0.474. The Morgan fingerprint density at radius 2 is 1.83 bits per heavy atom. The van der Waals surface area contributed by atoms with E-state index < -0.39 is 42.4 Å². The average molecular weight is 426 g/mol. The molecule has 0 spiro atoms. The van der Waals surface area contributed by atoms with Crippen molar-refractivity contribution in [2.24, 2.45) is 5.73 Å². The summed E-state index contributed by atoms with van der Waals surface area (Å²) in [5.41, 5.74) is 5.95. The Morgan fingerprint density at radius 3 is 2.47 bits per heavy atom. The first kappa shape index (κ1) is 21.9. The standard InChI is InChI=1S/C19H21F3N4O4/c20-19(21,22)10-25(7-1-6-23)9-11-2-3-12-13(8-11)18(30)26(17(12)29)14-4-5-15(27)24-16(14)28/h2-3,8,14H,1,4-7,9-10,23H2,(H,24,27,28). The number of nitrogens with zero attached hydrogens (tertiary/aromatic N) is 2. The fourth-order valence-corrected chi connectivity index (χ4v) is 3.66. The number of nitrogens with one attached hydrogen (secondary N) is 1. The van der Waals surface area contributed by atoms with Crippen LogP contribution in [-0.4, -0.2) is 65.3 Å². The van der Waals surface area contributed by atoms with Gasteiger partial charge in [-0.2, -0.15) is 13.2 Å². The molecule has 0 radical (unpaired) electrons. The van der Waals surface area contributed by atoms with E-state index in [1.54, 1.807) is 0 Å². The first-order valence-electron chi connectivity index (χ1n) is 9.44. The molecule has 1 unspecified atom stereocenters. The summed E-state index contributed by atoms with van der Waals surface area (Å²) in [6, 6.07) is 3.16. The van der Waals surface area contributed by atoms with Gasteiger partial charge < -0.3 is 5.73 Å². The molecule has 3 N–H and O–H groups in total. The summed E-state index contributed by atoms with van der Waals surface area (Å²) in [6.07, 6.45) is -3.98. The molecule has 162 valence electrons. The predicted molar refractivity (Wildman–Crippen MR) is 98.1 cm³/mol. The zero-order valence-electron chi connectivity index (χ0n) is 16.0. The summed E-state index contributed by atoms with van der Waals surface area (Å²) in [5.74, 6) is -2.56. The Kier molecular flexibility index (Phi) is 6.22. The minimum atomic E-state index is -4.39. The minimum absolute atomic E-state index is 0.00259. The molecular formula is C19H21F3N4O4. The van der Waals surface area contributed by atoms with Gasteiger partial charge in [-0.15, -0.1) is 0 Å². The first-order valence-corrected chi connectivity index (χ1v) is 9.44. The number of nitrogens with two attached hydrogens (primary N) is 1. The van der Waals surface area contributed by atoms with Gasteiger partial charge in [0.15, 0.2) is 0 Å². The van der Waals surface area contributed by atoms with Gasteiger partial charge in [-0.1, -0.05) is 6.07 Å². The van der Waals surface area contributed by atoms with Crippen LogP contribution in [0.3, 0.4) is 0 Å². The minimum Gasteiger partial charge on any atom is -0.330 e. The normalized spacial score (nSPS) is 19.5. The zero-order valence-corrected chi connectivity index (χ0v) is 16.0. The Morgan fingerprint density at radius 1 is 1.13 bits per heavy atom. The van der Waals surface area contributed by atoms with E-state index >= 15 is 0 Å². The van der Waals surface area contributed by atoms with Crippen LogP contribution in [0, 0.1) is 0 Å². The molecule has 8 nitrogen and oxygen atoms in total. The SMILES string of the molecule is NCCCN(Cc1ccc2c(c1)C(=O)N(C1CCC(=O)NC1=O)C2=O)CC(F)(F)F. The van der Waals surface area contributed by atoms with Crippen molar-refractivity contribution < 1.29 is 32.3 Å². The van der Waals surface area contributed by atoms with E-state index in [1.165, 1.54) is 23.1 Å². The molecule has 1 fully saturated rings. The highest BCUT2D eigenvalue weighted by Gasteiger charge is 2.44. The van der Waals surface area contributed by atoms with Crippen LogP contribution in [0.15, 0.2) is 18.2 Å². The second kappa shape index (κ2) is 8.52. The Labute approximate surface area is 170 Å². The van der Waals surface area contributed by atoms with Gasteiger partial charge in [0.1, 0.15) is 6.04 Å². The summed E-state index contributed by atoms with van der Waals surface area (Å²) in [5, 5.41) is 2.11. The Balaban J connectivity index is 1.80. The van der Waals surface area contributed by atoms with E-state index in [0.29, 0.717) is 12.0 Å². The molecule has 4 amide bonds. The lowest BCUT2D eigenvalue weighted by atomic mass is 10.0. The third kappa shape index (κ3) is 4.68. The Bertz CT molecular complexity index is 887. The summed E-state index contributed by atoms with van der Waals surface area (Å²) in [4.78, 5) is 50.9. The maximum absolute atomic E-state index is 12.8. The highest BCUT2D eigenvalue weighted by Crippen LogP contribution is 2.29. The van der Waals surface area contributed by atoms with Crippen LogP contribution in [0.2, 0.25) is 0 Å². The number of piperidine rings is 1. The van der Waals surface area contributed by atoms with Crippen LogP contribution < -0.4 is 11.1 Å². The molecule has 0 aliphatic carbocycles. The summed E-state index contributed by atoms with van der Waals surface area (Å²) in [7, 11) is 0. The molecular weight excluding hydrogens is 405 g/mol. The number of fused-ring (bicyclic) bond motifs is 1. The third-order valence-electron chi connectivity index (χ3n) is 4.99. The second-order valence-electron chi connectivity index (χ2n) is 7.30. The predicted octanol–water partition coefficient (Wildman–Crippen LogP) is 0.801. The molecule has 1 atom stereocenters. The lowest BCUT2D eigenvalue weighted by Gasteiger charge is -2.27. The van der Waals surface area contributed by atoms with Crippen LogP contribution in [0.1, 0.15) is 45.5 Å². The molecule has 11 heteroatoms. The quantitative estimate of drug-likeness (QED) is 0.624. The van der Waals surface area contributed by atoms with Crippen LogP contribution >= 0.6 is 0 Å². The lowest BCUT2D eigenvalue weighted by Crippen LogP contribution is -2.54. The van der Waals surface area contributed by atoms with Crippen molar-refractivity contribution in [1.29, 1.82) is 0 Å². The number of alkyl halides is 3. The number of carbonyl (C=O) groups is 4. The van der Waals surface area contributed by atoms with Gasteiger partial charge in [0.05, 0.1) is 17.7 Å². The lowest BCUT2D eigenvalue weighted by molar-refractivity contribution is -0.147. The average Bonchev–Trinajstić information content (AvgIpc) is 2.89. The van der Waals surface area contributed by atoms with E-state index in [0.717, 1.165) is 4.90 Å². The van der Waals surface area contributed by atoms with Crippen LogP contribution in [-0.2, 0) is 16.1 Å². The molecule has 2 aliphatic heterocycles. The summed E-state index contributed by atoms with van der Waals surface area (Å²) in [6.45, 7) is -0.832. The largest absolute Gasteiger partial charge is 0.401 e. The highest BCUT2D eigenvalue weighted by atomic mass is 19.4. The third-order valence-corrected chi connectivity index (χ3v) is 4.99. The van der Waals surface area contributed by atoms with Crippen molar-refractivity contribution in [3.63, 3.8) is 0 Å². The summed E-state index contributed by atoms with van der Waals surface area (Å²) >= 11 is 0. The van der Waals surface area contributed by atoms with Crippen LogP contribution in [0.4, 0.5) is 13.2 Å². The first-order chi connectivity index (χ1) is 14.1. The molecule has 1 aromatic carbocycles. The van der Waals surface area contributed by atoms with Crippen molar-refractivity contribution in [2.45, 2.75) is 38.0 Å². The molecule has 3 rings (SSSR count). The molecule has 1 aromatic rings. The van der Waals surface area contributed by atoms with E-state index in [1.807, 2.05) is 0 Å². The molecule has 0 bridgehead atoms. The number of benzene rings is 1. The number of imide groups is 2. The van der Waals surface area contributed by atoms with Gasteiger partial charge in [0.2, 0.25) is 11.8 Å². The van der Waals surface area contributed by atoms with Crippen LogP contribution in [0.25, 0.3) is 0 Å². The van der Waals surface area contributed by atoms with Crippen LogP contribution in [0.5, 0.6) is 0 Å². The van der Waals surface area contributed by atoms with Gasteiger partial charge in [-0.05, 0) is 37.1 Å². The van der Waals surface area contributed by atoms with E-state index in [2.05, 4.69) is 5.32 Å². The van der Waals surface area contributed by atoms with Crippen molar-refractivity contribution in [1.82, 2.24) is 15.1 Å². The molecule has 1 saturated heterocycles. The molecule has 0 aromatic heterocycles. The smallest absolute Gasteiger partial charge is 0.330 e. The zero-order chi connectivity index (χ0) is 22.1. The fourth-order valence-electron chi connectivity index (χ4n) is 3.66. The maximum Gasteiger partial charge on any atom is 0.401 e. The molecule has 30 heavy (non-hydrogen) atoms. The van der Waals surface area contributed by atoms with E-state index in [-0.39, 0.29) is 43.6 Å². The monoisotopic (exact) mass is 426 g/mol. The number of amides is 4. The van der Waals surface area contributed by atoms with Crippen molar-refractivity contribution in [2.75, 3.05) is 19.6 Å². The van der Waals surface area contributed by atoms with Gasteiger partial charge >= 0.3 is 6.18 Å². The molecule has 2 heterocycles. The van der Waals surface area contributed by atoms with Gasteiger partial charge in [0, 0.05) is 19.5 Å². The number of hydrogen-bond donors (Lipinski definition) is 2. The van der Waals surface area contributed by atoms with Gasteiger partial charge in [-0.25, -0.2) is 0 Å². The number of rotatable bonds is 7. The second-order valence-corrected chi connectivity index (χ2v) is 7.30. The van der Waals surface area contributed by atoms with Gasteiger partial charge in [0.25, 0.3) is 11.8 Å². The Hall–Kier alpha value is -2.79. The molecule has 0 saturated carbocycles. The molecule has 2 aliphatic rings. The highest BCUT2D eigenvalue weighted by molar-refractivity contribution is 6.23. The topological polar surface area (TPSA) is 113 Å². The maximum atomic E-state index is 12.8. The van der Waals surface area contributed by atoms with Gasteiger partial charge in [-0.3, -0.25) is 34.3 Å².